The Morgan fingerprint density at radius 3 is 2.70 bits per heavy atom. The summed E-state index contributed by atoms with van der Waals surface area (Å²) in [5, 5.41) is 8.01. The first-order valence-corrected chi connectivity index (χ1v) is 10.5. The molecule has 1 aromatic heterocycles. The van der Waals surface area contributed by atoms with Gasteiger partial charge in [-0.3, -0.25) is 4.79 Å². The van der Waals surface area contributed by atoms with Gasteiger partial charge in [0.15, 0.2) is 0 Å². The van der Waals surface area contributed by atoms with Crippen LogP contribution >= 0.6 is 0 Å². The van der Waals surface area contributed by atoms with E-state index in [-0.39, 0.29) is 0 Å². The van der Waals surface area contributed by atoms with Crippen molar-refractivity contribution in [2.24, 2.45) is 5.92 Å². The Bertz CT molecular complexity index is 595. The number of aromatic nitrogens is 3. The Hall–Kier alpha value is -1.47. The van der Waals surface area contributed by atoms with Crippen LogP contribution in [0.15, 0.2) is 6.33 Å². The molecule has 0 radical (unpaired) electrons. The van der Waals surface area contributed by atoms with E-state index in [1.54, 1.807) is 0 Å². The zero-order valence-electron chi connectivity index (χ0n) is 17.3. The average Bonchev–Trinajstić information content (AvgIpc) is 3.09. The number of aryl methyl sites for hydroxylation is 1. The zero-order chi connectivity index (χ0) is 19.2. The number of likely N-dealkylation sites (tertiary alicyclic amines) is 2. The molecule has 0 saturated carbocycles. The maximum atomic E-state index is 12.6. The highest BCUT2D eigenvalue weighted by molar-refractivity contribution is 5.76. The van der Waals surface area contributed by atoms with Crippen LogP contribution in [0.2, 0.25) is 0 Å². The Kier molecular flexibility index (Phi) is 7.24. The molecule has 3 heterocycles. The molecule has 152 valence electrons. The molecule has 27 heavy (non-hydrogen) atoms. The molecule has 3 rings (SSSR count). The lowest BCUT2D eigenvalue weighted by Crippen LogP contribution is -2.44. The van der Waals surface area contributed by atoms with Gasteiger partial charge in [0, 0.05) is 39.1 Å². The SMILES string of the molecule is Cc1nncn1CCN1CCCC(CCC(=O)N(C)C2CCN(C)CC2)C1. The van der Waals surface area contributed by atoms with Crippen LogP contribution in [-0.4, -0.2) is 88.2 Å². The van der Waals surface area contributed by atoms with Crippen molar-refractivity contribution in [1.29, 1.82) is 0 Å². The third kappa shape index (κ3) is 5.75. The normalized spacial score (nSPS) is 22.9. The van der Waals surface area contributed by atoms with Crippen LogP contribution in [0, 0.1) is 12.8 Å². The lowest BCUT2D eigenvalue weighted by Gasteiger charge is -2.36. The summed E-state index contributed by atoms with van der Waals surface area (Å²) in [5.74, 6) is 1.96. The van der Waals surface area contributed by atoms with Crippen LogP contribution in [0.25, 0.3) is 0 Å². The molecule has 1 amide bonds. The second-order valence-electron chi connectivity index (χ2n) is 8.46. The molecular weight excluding hydrogens is 340 g/mol. The number of amides is 1. The van der Waals surface area contributed by atoms with E-state index in [1.165, 1.54) is 19.4 Å². The van der Waals surface area contributed by atoms with Crippen molar-refractivity contribution in [3.05, 3.63) is 12.2 Å². The summed E-state index contributed by atoms with van der Waals surface area (Å²) in [7, 11) is 4.17. The maximum absolute atomic E-state index is 12.6. The van der Waals surface area contributed by atoms with Crippen LogP contribution in [0.4, 0.5) is 0 Å². The van der Waals surface area contributed by atoms with E-state index < -0.39 is 0 Å². The van der Waals surface area contributed by atoms with E-state index in [4.69, 9.17) is 0 Å². The van der Waals surface area contributed by atoms with Crippen molar-refractivity contribution in [2.75, 3.05) is 46.8 Å². The largest absolute Gasteiger partial charge is 0.343 e. The number of carbonyl (C=O) groups excluding carboxylic acids is 1. The van der Waals surface area contributed by atoms with Crippen LogP contribution in [0.5, 0.6) is 0 Å². The fourth-order valence-corrected chi connectivity index (χ4v) is 4.46. The van der Waals surface area contributed by atoms with Gasteiger partial charge in [0.2, 0.25) is 5.91 Å². The van der Waals surface area contributed by atoms with Crippen LogP contribution in [-0.2, 0) is 11.3 Å². The molecule has 0 N–H and O–H groups in total. The molecule has 7 heteroatoms. The molecule has 1 aromatic rings. The molecule has 0 aromatic carbocycles. The molecule has 7 nitrogen and oxygen atoms in total. The summed E-state index contributed by atoms with van der Waals surface area (Å²) >= 11 is 0. The number of rotatable bonds is 7. The van der Waals surface area contributed by atoms with Crippen molar-refractivity contribution >= 4 is 5.91 Å². The Morgan fingerprint density at radius 1 is 1.22 bits per heavy atom. The van der Waals surface area contributed by atoms with Gasteiger partial charge in [-0.05, 0) is 71.6 Å². The van der Waals surface area contributed by atoms with Gasteiger partial charge in [-0.2, -0.15) is 0 Å². The van der Waals surface area contributed by atoms with E-state index in [1.807, 2.05) is 25.2 Å². The van der Waals surface area contributed by atoms with E-state index in [0.29, 0.717) is 24.3 Å². The molecule has 2 aliphatic rings. The minimum Gasteiger partial charge on any atom is -0.343 e. The lowest BCUT2D eigenvalue weighted by molar-refractivity contribution is -0.133. The maximum Gasteiger partial charge on any atom is 0.222 e. The molecule has 2 fully saturated rings. The van der Waals surface area contributed by atoms with Crippen LogP contribution in [0.3, 0.4) is 0 Å². The van der Waals surface area contributed by atoms with Gasteiger partial charge in [-0.25, -0.2) is 0 Å². The monoisotopic (exact) mass is 376 g/mol. The van der Waals surface area contributed by atoms with E-state index >= 15 is 0 Å². The number of nitrogens with zero attached hydrogens (tertiary/aromatic N) is 6. The van der Waals surface area contributed by atoms with Crippen molar-refractivity contribution in [3.63, 3.8) is 0 Å². The average molecular weight is 377 g/mol. The Labute approximate surface area is 163 Å². The predicted molar refractivity (Wildman–Crippen MR) is 106 cm³/mol. The molecule has 1 unspecified atom stereocenters. The summed E-state index contributed by atoms with van der Waals surface area (Å²) < 4.78 is 2.11. The molecule has 0 spiro atoms. The smallest absolute Gasteiger partial charge is 0.222 e. The summed E-state index contributed by atoms with van der Waals surface area (Å²) in [6.45, 7) is 8.48. The van der Waals surface area contributed by atoms with Gasteiger partial charge in [-0.15, -0.1) is 10.2 Å². The summed E-state index contributed by atoms with van der Waals surface area (Å²) in [4.78, 5) is 19.6. The van der Waals surface area contributed by atoms with Crippen LogP contribution < -0.4 is 0 Å². The predicted octanol–water partition coefficient (Wildman–Crippen LogP) is 1.63. The molecule has 0 aliphatic carbocycles. The highest BCUT2D eigenvalue weighted by atomic mass is 16.2. The van der Waals surface area contributed by atoms with Crippen molar-refractivity contribution in [1.82, 2.24) is 29.5 Å². The molecule has 2 aliphatic heterocycles. The second kappa shape index (κ2) is 9.64. The fourth-order valence-electron chi connectivity index (χ4n) is 4.46. The molecule has 2 saturated heterocycles. The Balaban J connectivity index is 1.38. The van der Waals surface area contributed by atoms with Crippen molar-refractivity contribution in [3.8, 4) is 0 Å². The van der Waals surface area contributed by atoms with E-state index in [2.05, 4.69) is 31.6 Å². The van der Waals surface area contributed by atoms with Gasteiger partial charge in [0.05, 0.1) is 0 Å². The van der Waals surface area contributed by atoms with Crippen LogP contribution in [0.1, 0.15) is 44.3 Å². The second-order valence-corrected chi connectivity index (χ2v) is 8.46. The minimum absolute atomic E-state index is 0.335. The summed E-state index contributed by atoms with van der Waals surface area (Å²) in [5.41, 5.74) is 0. The van der Waals surface area contributed by atoms with Gasteiger partial charge < -0.3 is 19.3 Å². The quantitative estimate of drug-likeness (QED) is 0.724. The highest BCUT2D eigenvalue weighted by Crippen LogP contribution is 2.22. The van der Waals surface area contributed by atoms with E-state index in [9.17, 15) is 4.79 Å². The third-order valence-corrected chi connectivity index (χ3v) is 6.47. The molecule has 0 bridgehead atoms. The third-order valence-electron chi connectivity index (χ3n) is 6.47. The highest BCUT2D eigenvalue weighted by Gasteiger charge is 2.25. The number of hydrogen-bond donors (Lipinski definition) is 0. The van der Waals surface area contributed by atoms with Gasteiger partial charge in [0.1, 0.15) is 12.2 Å². The Morgan fingerprint density at radius 2 is 2.00 bits per heavy atom. The topological polar surface area (TPSA) is 57.5 Å². The number of piperidine rings is 2. The van der Waals surface area contributed by atoms with Gasteiger partial charge in [-0.1, -0.05) is 0 Å². The summed E-state index contributed by atoms with van der Waals surface area (Å²) in [6, 6.07) is 0.434. The first kappa shape index (κ1) is 20.3. The summed E-state index contributed by atoms with van der Waals surface area (Å²) in [6.07, 6.45) is 8.26. The number of carbonyl (C=O) groups is 1. The molecule has 1 atom stereocenters. The standard InChI is InChI=1S/C20H36N6O/c1-17-22-21-16-26(17)14-13-25-10-4-5-18(15-25)6-7-20(27)24(3)19-8-11-23(2)12-9-19/h16,18-19H,4-15H2,1-3H3. The van der Waals surface area contributed by atoms with Gasteiger partial charge in [0.25, 0.3) is 0 Å². The first-order chi connectivity index (χ1) is 13.0. The lowest BCUT2D eigenvalue weighted by atomic mass is 9.93. The zero-order valence-corrected chi connectivity index (χ0v) is 17.3. The first-order valence-electron chi connectivity index (χ1n) is 10.5. The molecular formula is C20H36N6O. The minimum atomic E-state index is 0.335. The van der Waals surface area contributed by atoms with Crippen molar-refractivity contribution < 1.29 is 4.79 Å². The number of hydrogen-bond acceptors (Lipinski definition) is 5. The van der Waals surface area contributed by atoms with Crippen molar-refractivity contribution in [2.45, 2.75) is 58.0 Å². The van der Waals surface area contributed by atoms with E-state index in [0.717, 1.165) is 57.8 Å². The van der Waals surface area contributed by atoms with Gasteiger partial charge >= 0.3 is 0 Å². The fraction of sp³-hybridized carbons (Fsp3) is 0.850.